The summed E-state index contributed by atoms with van der Waals surface area (Å²) in [6.45, 7) is 10.1. The van der Waals surface area contributed by atoms with Crippen LogP contribution in [-0.2, 0) is 9.53 Å². The lowest BCUT2D eigenvalue weighted by Gasteiger charge is -2.36. The average molecular weight is 568 g/mol. The molecule has 0 saturated carbocycles. The normalized spacial score (nSPS) is 15.7. The summed E-state index contributed by atoms with van der Waals surface area (Å²) in [7, 11) is 1.62. The zero-order valence-electron chi connectivity index (χ0n) is 18.6. The standard InChI is InChI=1S/C21H34ClN5O3.HI/c1-4-23-21(25-15-17(2)30-19-8-6-5-7-18(19)22)27-12-10-26(11-13-27)16-20(28)24-9-14-29-3;/h5-8,17H,4,9-16H2,1-3H3,(H,23,25)(H,24,28);1H. The first-order valence-electron chi connectivity index (χ1n) is 10.5. The molecular weight excluding hydrogens is 533 g/mol. The lowest BCUT2D eigenvalue weighted by molar-refractivity contribution is -0.122. The number of ether oxygens (including phenoxy) is 2. The van der Waals surface area contributed by atoms with E-state index in [0.29, 0.717) is 37.0 Å². The van der Waals surface area contributed by atoms with Gasteiger partial charge in [-0.1, -0.05) is 23.7 Å². The number of nitrogens with one attached hydrogen (secondary N) is 2. The van der Waals surface area contributed by atoms with Gasteiger partial charge in [0.2, 0.25) is 5.91 Å². The Balaban J connectivity index is 0.00000480. The number of guanidine groups is 1. The molecule has 1 atom stereocenters. The monoisotopic (exact) mass is 567 g/mol. The van der Waals surface area contributed by atoms with E-state index in [-0.39, 0.29) is 36.0 Å². The van der Waals surface area contributed by atoms with Gasteiger partial charge in [-0.2, -0.15) is 0 Å². The minimum Gasteiger partial charge on any atom is -0.487 e. The summed E-state index contributed by atoms with van der Waals surface area (Å²) in [5, 5.41) is 6.82. The van der Waals surface area contributed by atoms with Crippen LogP contribution in [0.15, 0.2) is 29.3 Å². The number of methoxy groups -OCH3 is 1. The van der Waals surface area contributed by atoms with Gasteiger partial charge in [0.15, 0.2) is 5.96 Å². The Labute approximate surface area is 207 Å². The van der Waals surface area contributed by atoms with Crippen molar-refractivity contribution in [3.8, 4) is 5.75 Å². The predicted molar refractivity (Wildman–Crippen MR) is 136 cm³/mol. The van der Waals surface area contributed by atoms with Crippen LogP contribution >= 0.6 is 35.6 Å². The highest BCUT2D eigenvalue weighted by Gasteiger charge is 2.21. The van der Waals surface area contributed by atoms with Gasteiger partial charge in [0.05, 0.1) is 24.7 Å². The number of para-hydroxylation sites is 1. The maximum Gasteiger partial charge on any atom is 0.234 e. The average Bonchev–Trinajstić information content (AvgIpc) is 2.73. The molecule has 1 aromatic rings. The van der Waals surface area contributed by atoms with E-state index in [1.54, 1.807) is 7.11 Å². The van der Waals surface area contributed by atoms with Gasteiger partial charge in [-0.3, -0.25) is 9.69 Å². The molecule has 2 rings (SSSR count). The third kappa shape index (κ3) is 10.2. The Morgan fingerprint density at radius 2 is 1.94 bits per heavy atom. The van der Waals surface area contributed by atoms with Crippen molar-refractivity contribution in [3.05, 3.63) is 29.3 Å². The number of nitrogens with zero attached hydrogens (tertiary/aromatic N) is 3. The quantitative estimate of drug-likeness (QED) is 0.195. The molecule has 176 valence electrons. The lowest BCUT2D eigenvalue weighted by Crippen LogP contribution is -2.54. The molecule has 0 radical (unpaired) electrons. The number of rotatable bonds is 10. The number of carbonyl (C=O) groups excluding carboxylic acids is 1. The van der Waals surface area contributed by atoms with Crippen molar-refractivity contribution in [1.82, 2.24) is 20.4 Å². The highest BCUT2D eigenvalue weighted by Crippen LogP contribution is 2.24. The van der Waals surface area contributed by atoms with Gasteiger partial charge < -0.3 is 25.0 Å². The Kier molecular flexibility index (Phi) is 13.9. The predicted octanol–water partition coefficient (Wildman–Crippen LogP) is 2.07. The van der Waals surface area contributed by atoms with E-state index >= 15 is 0 Å². The van der Waals surface area contributed by atoms with Crippen molar-refractivity contribution in [1.29, 1.82) is 0 Å². The second-order valence-corrected chi connectivity index (χ2v) is 7.57. The van der Waals surface area contributed by atoms with Crippen molar-refractivity contribution in [2.24, 2.45) is 4.99 Å². The number of carbonyl (C=O) groups is 1. The zero-order valence-corrected chi connectivity index (χ0v) is 21.7. The molecule has 1 aliphatic rings. The number of hydrogen-bond acceptors (Lipinski definition) is 5. The molecule has 1 aliphatic heterocycles. The van der Waals surface area contributed by atoms with Gasteiger partial charge in [0.1, 0.15) is 11.9 Å². The molecule has 31 heavy (non-hydrogen) atoms. The maximum absolute atomic E-state index is 12.0. The van der Waals surface area contributed by atoms with Gasteiger partial charge in [-0.05, 0) is 26.0 Å². The fourth-order valence-corrected chi connectivity index (χ4v) is 3.28. The molecule has 1 aromatic carbocycles. The van der Waals surface area contributed by atoms with Gasteiger partial charge in [-0.25, -0.2) is 4.99 Å². The van der Waals surface area contributed by atoms with Gasteiger partial charge in [0, 0.05) is 46.4 Å². The topological polar surface area (TPSA) is 78.4 Å². The van der Waals surface area contributed by atoms with Crippen LogP contribution < -0.4 is 15.4 Å². The summed E-state index contributed by atoms with van der Waals surface area (Å²) in [6, 6.07) is 7.45. The minimum absolute atomic E-state index is 0. The number of piperazine rings is 1. The molecule has 0 aliphatic carbocycles. The number of aliphatic imine (C=N–C) groups is 1. The third-order valence-electron chi connectivity index (χ3n) is 4.67. The molecule has 1 saturated heterocycles. The van der Waals surface area contributed by atoms with Gasteiger partial charge >= 0.3 is 0 Å². The number of benzene rings is 1. The molecule has 0 spiro atoms. The van der Waals surface area contributed by atoms with Gasteiger partial charge in [0.25, 0.3) is 0 Å². The molecular formula is C21H35ClIN5O3. The SMILES string of the molecule is CCNC(=NCC(C)Oc1ccccc1Cl)N1CCN(CC(=O)NCCOC)CC1.I. The smallest absolute Gasteiger partial charge is 0.234 e. The second kappa shape index (κ2) is 15.5. The van der Waals surface area contributed by atoms with E-state index in [4.69, 9.17) is 26.1 Å². The number of hydrogen-bond donors (Lipinski definition) is 2. The molecule has 0 bridgehead atoms. The Bertz CT molecular complexity index is 687. The first-order chi connectivity index (χ1) is 14.5. The van der Waals surface area contributed by atoms with Crippen LogP contribution in [0.25, 0.3) is 0 Å². The molecule has 1 fully saturated rings. The van der Waals surface area contributed by atoms with E-state index in [1.807, 2.05) is 31.2 Å². The van der Waals surface area contributed by atoms with E-state index in [1.165, 1.54) is 0 Å². The van der Waals surface area contributed by atoms with Crippen molar-refractivity contribution in [2.75, 3.05) is 66.1 Å². The number of amides is 1. The van der Waals surface area contributed by atoms with Crippen molar-refractivity contribution >= 4 is 47.4 Å². The Hall–Kier alpha value is -1.30. The summed E-state index contributed by atoms with van der Waals surface area (Å²) in [6.07, 6.45) is -0.101. The van der Waals surface area contributed by atoms with Crippen LogP contribution in [0, 0.1) is 0 Å². The minimum atomic E-state index is -0.101. The van der Waals surface area contributed by atoms with Gasteiger partial charge in [-0.15, -0.1) is 24.0 Å². The highest BCUT2D eigenvalue weighted by atomic mass is 127. The zero-order chi connectivity index (χ0) is 21.8. The van der Waals surface area contributed by atoms with Crippen LogP contribution in [0.3, 0.4) is 0 Å². The molecule has 2 N–H and O–H groups in total. The van der Waals surface area contributed by atoms with E-state index in [0.717, 1.165) is 38.7 Å². The lowest BCUT2D eigenvalue weighted by atomic mass is 10.3. The first kappa shape index (κ1) is 27.7. The van der Waals surface area contributed by atoms with E-state index < -0.39 is 0 Å². The summed E-state index contributed by atoms with van der Waals surface area (Å²) < 4.78 is 10.9. The molecule has 0 aromatic heterocycles. The van der Waals surface area contributed by atoms with Crippen LogP contribution in [0.1, 0.15) is 13.8 Å². The van der Waals surface area contributed by atoms with E-state index in [9.17, 15) is 4.79 Å². The molecule has 1 unspecified atom stereocenters. The van der Waals surface area contributed by atoms with Crippen LogP contribution in [0.5, 0.6) is 5.75 Å². The summed E-state index contributed by atoms with van der Waals surface area (Å²) in [5.41, 5.74) is 0. The molecule has 10 heteroatoms. The molecule has 1 heterocycles. The Morgan fingerprint density at radius 1 is 1.23 bits per heavy atom. The van der Waals surface area contributed by atoms with Crippen LogP contribution in [0.4, 0.5) is 0 Å². The highest BCUT2D eigenvalue weighted by molar-refractivity contribution is 14.0. The van der Waals surface area contributed by atoms with Crippen molar-refractivity contribution in [3.63, 3.8) is 0 Å². The largest absolute Gasteiger partial charge is 0.487 e. The first-order valence-corrected chi connectivity index (χ1v) is 10.8. The molecule has 8 nitrogen and oxygen atoms in total. The van der Waals surface area contributed by atoms with E-state index in [2.05, 4.69) is 27.4 Å². The summed E-state index contributed by atoms with van der Waals surface area (Å²) >= 11 is 6.17. The third-order valence-corrected chi connectivity index (χ3v) is 4.98. The van der Waals surface area contributed by atoms with Crippen LogP contribution in [0.2, 0.25) is 5.02 Å². The van der Waals surface area contributed by atoms with Crippen molar-refractivity contribution < 1.29 is 14.3 Å². The van der Waals surface area contributed by atoms with Crippen molar-refractivity contribution in [2.45, 2.75) is 20.0 Å². The maximum atomic E-state index is 12.0. The Morgan fingerprint density at radius 3 is 2.58 bits per heavy atom. The molecule has 1 amide bonds. The summed E-state index contributed by atoms with van der Waals surface area (Å²) in [5.74, 6) is 1.58. The number of halogens is 2. The van der Waals surface area contributed by atoms with Crippen LogP contribution in [-0.4, -0.2) is 93.8 Å². The second-order valence-electron chi connectivity index (χ2n) is 7.16. The fraction of sp³-hybridized carbons (Fsp3) is 0.619. The summed E-state index contributed by atoms with van der Waals surface area (Å²) in [4.78, 5) is 21.1. The fourth-order valence-electron chi connectivity index (χ4n) is 3.10.